The fourth-order valence-corrected chi connectivity index (χ4v) is 1.08. The van der Waals surface area contributed by atoms with Crippen molar-refractivity contribution in [3.8, 4) is 0 Å². The van der Waals surface area contributed by atoms with Crippen LogP contribution in [0.1, 0.15) is 15.9 Å². The lowest BCUT2D eigenvalue weighted by atomic mass is 10.1. The molecular formula is C12H14N2O2. The molecule has 0 aliphatic heterocycles. The predicted octanol–water partition coefficient (Wildman–Crippen LogP) is 0.887. The minimum absolute atomic E-state index is 0.0843. The van der Waals surface area contributed by atoms with Gasteiger partial charge < -0.3 is 10.6 Å². The molecule has 1 aromatic rings. The lowest BCUT2D eigenvalue weighted by Crippen LogP contribution is -2.18. The maximum Gasteiger partial charge on any atom is 0.248 e. The zero-order chi connectivity index (χ0) is 12.1. The summed E-state index contributed by atoms with van der Waals surface area (Å²) in [5.41, 5.74) is 6.41. The lowest BCUT2D eigenvalue weighted by molar-refractivity contribution is -0.123. The van der Waals surface area contributed by atoms with Gasteiger partial charge in [-0.05, 0) is 23.8 Å². The van der Waals surface area contributed by atoms with Gasteiger partial charge in [-0.25, -0.2) is 0 Å². The summed E-state index contributed by atoms with van der Waals surface area (Å²) in [6.45, 7) is 0. The lowest BCUT2D eigenvalue weighted by Gasteiger charge is -2.05. The van der Waals surface area contributed by atoms with Gasteiger partial charge in [-0.2, -0.15) is 0 Å². The summed E-state index contributed by atoms with van der Waals surface area (Å²) in [5.74, 6) is -0.543. The molecule has 0 saturated heterocycles. The highest BCUT2D eigenvalue weighted by atomic mass is 16.2. The molecule has 16 heavy (non-hydrogen) atoms. The Morgan fingerprint density at radius 1 is 1.19 bits per heavy atom. The van der Waals surface area contributed by atoms with E-state index in [0.29, 0.717) is 5.56 Å². The van der Waals surface area contributed by atoms with Crippen molar-refractivity contribution in [2.75, 3.05) is 14.1 Å². The van der Waals surface area contributed by atoms with Crippen LogP contribution in [0, 0.1) is 0 Å². The van der Waals surface area contributed by atoms with Crippen LogP contribution in [0.3, 0.4) is 0 Å². The number of primary amides is 1. The van der Waals surface area contributed by atoms with Crippen molar-refractivity contribution in [1.82, 2.24) is 4.90 Å². The maximum atomic E-state index is 11.3. The van der Waals surface area contributed by atoms with Crippen molar-refractivity contribution >= 4 is 17.9 Å². The average molecular weight is 218 g/mol. The summed E-state index contributed by atoms with van der Waals surface area (Å²) >= 11 is 0. The number of nitrogens with two attached hydrogens (primary N) is 1. The first-order valence-electron chi connectivity index (χ1n) is 4.80. The second-order valence-electron chi connectivity index (χ2n) is 3.55. The molecule has 2 amide bonds. The predicted molar refractivity (Wildman–Crippen MR) is 62.7 cm³/mol. The molecule has 0 fully saturated rings. The van der Waals surface area contributed by atoms with Crippen LogP contribution in [0.25, 0.3) is 6.08 Å². The third kappa shape index (κ3) is 3.24. The number of likely N-dealkylation sites (N-methyl/N-ethyl adjacent to an activating group) is 1. The molecule has 1 aromatic carbocycles. The van der Waals surface area contributed by atoms with E-state index in [-0.39, 0.29) is 5.91 Å². The number of carbonyl (C=O) groups is 2. The smallest absolute Gasteiger partial charge is 0.248 e. The molecule has 0 aliphatic carbocycles. The molecule has 4 nitrogen and oxygen atoms in total. The molecule has 0 radical (unpaired) electrons. The van der Waals surface area contributed by atoms with E-state index in [2.05, 4.69) is 0 Å². The zero-order valence-corrected chi connectivity index (χ0v) is 9.31. The molecule has 0 saturated carbocycles. The third-order valence-electron chi connectivity index (χ3n) is 2.05. The van der Waals surface area contributed by atoms with Crippen LogP contribution in [-0.4, -0.2) is 30.8 Å². The largest absolute Gasteiger partial charge is 0.366 e. The zero-order valence-electron chi connectivity index (χ0n) is 9.31. The van der Waals surface area contributed by atoms with E-state index in [1.54, 1.807) is 44.4 Å². The van der Waals surface area contributed by atoms with Gasteiger partial charge in [0, 0.05) is 25.7 Å². The molecule has 84 valence electrons. The molecule has 0 aromatic heterocycles. The Balaban J connectivity index is 2.76. The SMILES string of the molecule is CN(C)C(=O)C=Cc1ccc(C(N)=O)cc1. The Morgan fingerprint density at radius 2 is 1.75 bits per heavy atom. The van der Waals surface area contributed by atoms with Gasteiger partial charge >= 0.3 is 0 Å². The van der Waals surface area contributed by atoms with E-state index in [1.807, 2.05) is 0 Å². The Hall–Kier alpha value is -2.10. The number of hydrogen-bond acceptors (Lipinski definition) is 2. The van der Waals surface area contributed by atoms with Crippen molar-refractivity contribution in [3.05, 3.63) is 41.5 Å². The molecule has 0 bridgehead atoms. The molecule has 1 rings (SSSR count). The van der Waals surface area contributed by atoms with Gasteiger partial charge in [0.05, 0.1) is 0 Å². The second-order valence-corrected chi connectivity index (χ2v) is 3.55. The number of nitrogens with zero attached hydrogens (tertiary/aromatic N) is 1. The van der Waals surface area contributed by atoms with Crippen LogP contribution in [-0.2, 0) is 4.79 Å². The molecule has 0 spiro atoms. The molecule has 0 aliphatic rings. The third-order valence-corrected chi connectivity index (χ3v) is 2.05. The highest BCUT2D eigenvalue weighted by Crippen LogP contribution is 2.05. The van der Waals surface area contributed by atoms with Crippen molar-refractivity contribution < 1.29 is 9.59 Å². The highest BCUT2D eigenvalue weighted by molar-refractivity contribution is 5.93. The van der Waals surface area contributed by atoms with E-state index in [0.717, 1.165) is 5.56 Å². The monoisotopic (exact) mass is 218 g/mol. The van der Waals surface area contributed by atoms with Crippen molar-refractivity contribution in [2.45, 2.75) is 0 Å². The average Bonchev–Trinajstić information content (AvgIpc) is 2.26. The van der Waals surface area contributed by atoms with E-state index in [1.165, 1.54) is 11.0 Å². The fourth-order valence-electron chi connectivity index (χ4n) is 1.08. The van der Waals surface area contributed by atoms with Gasteiger partial charge in [0.15, 0.2) is 0 Å². The van der Waals surface area contributed by atoms with Crippen molar-refractivity contribution in [1.29, 1.82) is 0 Å². The summed E-state index contributed by atoms with van der Waals surface area (Å²) in [6, 6.07) is 6.73. The Labute approximate surface area is 94.4 Å². The number of hydrogen-bond donors (Lipinski definition) is 1. The quantitative estimate of drug-likeness (QED) is 0.766. The van der Waals surface area contributed by atoms with Gasteiger partial charge in [-0.3, -0.25) is 9.59 Å². The van der Waals surface area contributed by atoms with E-state index < -0.39 is 5.91 Å². The Bertz CT molecular complexity index is 419. The maximum absolute atomic E-state index is 11.3. The first kappa shape index (κ1) is 12.0. The molecule has 4 heteroatoms. The molecule has 0 heterocycles. The Kier molecular flexibility index (Phi) is 3.83. The second kappa shape index (κ2) is 5.11. The summed E-state index contributed by atoms with van der Waals surface area (Å²) in [6.07, 6.45) is 3.16. The summed E-state index contributed by atoms with van der Waals surface area (Å²) < 4.78 is 0. The fraction of sp³-hybridized carbons (Fsp3) is 0.167. The number of carbonyl (C=O) groups excluding carboxylic acids is 2. The van der Waals surface area contributed by atoms with E-state index >= 15 is 0 Å². The summed E-state index contributed by atoms with van der Waals surface area (Å²) in [4.78, 5) is 23.5. The van der Waals surface area contributed by atoms with Crippen molar-refractivity contribution in [2.24, 2.45) is 5.73 Å². The molecule has 0 unspecified atom stereocenters. The Morgan fingerprint density at radius 3 is 2.19 bits per heavy atom. The summed E-state index contributed by atoms with van der Waals surface area (Å²) in [7, 11) is 3.37. The summed E-state index contributed by atoms with van der Waals surface area (Å²) in [5, 5.41) is 0. The van der Waals surface area contributed by atoms with Gasteiger partial charge in [-0.1, -0.05) is 12.1 Å². The normalized spacial score (nSPS) is 10.4. The first-order valence-corrected chi connectivity index (χ1v) is 4.80. The topological polar surface area (TPSA) is 63.4 Å². The minimum atomic E-state index is -0.458. The van der Waals surface area contributed by atoms with Gasteiger partial charge in [0.2, 0.25) is 11.8 Å². The van der Waals surface area contributed by atoms with Gasteiger partial charge in [0.25, 0.3) is 0 Å². The highest BCUT2D eigenvalue weighted by Gasteiger charge is 1.99. The molecule has 0 atom stereocenters. The molecule has 2 N–H and O–H groups in total. The van der Waals surface area contributed by atoms with Crippen LogP contribution >= 0.6 is 0 Å². The molecular weight excluding hydrogens is 204 g/mol. The number of rotatable bonds is 3. The van der Waals surface area contributed by atoms with Crippen LogP contribution in [0.15, 0.2) is 30.3 Å². The number of amides is 2. The van der Waals surface area contributed by atoms with Crippen LogP contribution in [0.4, 0.5) is 0 Å². The minimum Gasteiger partial charge on any atom is -0.366 e. The van der Waals surface area contributed by atoms with Gasteiger partial charge in [0.1, 0.15) is 0 Å². The standard InChI is InChI=1S/C12H14N2O2/c1-14(2)11(15)8-5-9-3-6-10(7-4-9)12(13)16/h3-8H,1-2H3,(H2,13,16). The number of benzene rings is 1. The van der Waals surface area contributed by atoms with Crippen molar-refractivity contribution in [3.63, 3.8) is 0 Å². The van der Waals surface area contributed by atoms with E-state index in [9.17, 15) is 9.59 Å². The first-order chi connectivity index (χ1) is 7.50. The van der Waals surface area contributed by atoms with Crippen LogP contribution in [0.5, 0.6) is 0 Å². The van der Waals surface area contributed by atoms with Gasteiger partial charge in [-0.15, -0.1) is 0 Å². The van der Waals surface area contributed by atoms with E-state index in [4.69, 9.17) is 5.73 Å². The van der Waals surface area contributed by atoms with Crippen LogP contribution in [0.2, 0.25) is 0 Å². The van der Waals surface area contributed by atoms with Crippen LogP contribution < -0.4 is 5.73 Å².